The minimum atomic E-state index is -0.961. The molecule has 5 nitrogen and oxygen atoms in total. The van der Waals surface area contributed by atoms with E-state index in [0.717, 1.165) is 32.5 Å². The van der Waals surface area contributed by atoms with Crippen LogP contribution in [0, 0.1) is 0 Å². The fourth-order valence-electron chi connectivity index (χ4n) is 2.68. The van der Waals surface area contributed by atoms with Crippen LogP contribution in [0.25, 0.3) is 0 Å². The summed E-state index contributed by atoms with van der Waals surface area (Å²) in [4.78, 5) is 20.0. The molecule has 1 aromatic rings. The first-order valence-corrected chi connectivity index (χ1v) is 7.25. The van der Waals surface area contributed by atoms with Crippen molar-refractivity contribution in [2.75, 3.05) is 31.6 Å². The Labute approximate surface area is 124 Å². The summed E-state index contributed by atoms with van der Waals surface area (Å²) >= 11 is 5.96. The van der Waals surface area contributed by atoms with Crippen LogP contribution in [-0.4, -0.2) is 53.7 Å². The lowest BCUT2D eigenvalue weighted by Crippen LogP contribution is -2.41. The van der Waals surface area contributed by atoms with E-state index in [-0.39, 0.29) is 11.6 Å². The highest BCUT2D eigenvalue weighted by Crippen LogP contribution is 2.25. The van der Waals surface area contributed by atoms with Crippen LogP contribution < -0.4 is 4.90 Å². The number of carboxylic acids is 1. The van der Waals surface area contributed by atoms with Crippen molar-refractivity contribution in [3.8, 4) is 0 Å². The van der Waals surface area contributed by atoms with Crippen LogP contribution in [0.1, 0.15) is 30.1 Å². The number of hydrogen-bond donors (Lipinski definition) is 1. The van der Waals surface area contributed by atoms with E-state index in [4.69, 9.17) is 11.6 Å². The van der Waals surface area contributed by atoms with Gasteiger partial charge in [0.25, 0.3) is 0 Å². The quantitative estimate of drug-likeness (QED) is 0.868. The lowest BCUT2D eigenvalue weighted by atomic mass is 10.1. The van der Waals surface area contributed by atoms with Gasteiger partial charge in [-0.05, 0) is 38.6 Å². The maximum atomic E-state index is 11.4. The van der Waals surface area contributed by atoms with Gasteiger partial charge in [-0.3, -0.25) is 0 Å². The summed E-state index contributed by atoms with van der Waals surface area (Å²) < 4.78 is 0. The molecule has 1 aromatic heterocycles. The molecular weight excluding hydrogens is 278 g/mol. The lowest BCUT2D eigenvalue weighted by Gasteiger charge is -2.32. The van der Waals surface area contributed by atoms with Crippen molar-refractivity contribution in [1.29, 1.82) is 0 Å². The van der Waals surface area contributed by atoms with E-state index in [9.17, 15) is 9.90 Å². The van der Waals surface area contributed by atoms with Crippen molar-refractivity contribution in [2.45, 2.75) is 25.8 Å². The van der Waals surface area contributed by atoms with Gasteiger partial charge in [-0.1, -0.05) is 18.5 Å². The number of aromatic carboxylic acids is 1. The Morgan fingerprint density at radius 3 is 2.90 bits per heavy atom. The van der Waals surface area contributed by atoms with Gasteiger partial charge in [-0.2, -0.15) is 0 Å². The molecule has 0 spiro atoms. The third-order valence-corrected chi connectivity index (χ3v) is 3.93. The van der Waals surface area contributed by atoms with E-state index in [0.29, 0.717) is 11.0 Å². The molecule has 0 saturated carbocycles. The first kappa shape index (κ1) is 15.1. The van der Waals surface area contributed by atoms with Crippen LogP contribution in [0.5, 0.6) is 0 Å². The fourth-order valence-corrected chi connectivity index (χ4v) is 2.83. The normalized spacial score (nSPS) is 20.8. The molecule has 1 N–H and O–H groups in total. The smallest absolute Gasteiger partial charge is 0.339 e. The molecule has 0 aromatic carbocycles. The predicted octanol–water partition coefficient (Wildman–Crippen LogP) is 2.35. The molecule has 0 bridgehead atoms. The van der Waals surface area contributed by atoms with Gasteiger partial charge in [0.05, 0.1) is 0 Å². The second kappa shape index (κ2) is 6.41. The van der Waals surface area contributed by atoms with Gasteiger partial charge in [0.1, 0.15) is 16.5 Å². The van der Waals surface area contributed by atoms with Crippen molar-refractivity contribution < 1.29 is 9.90 Å². The van der Waals surface area contributed by atoms with Gasteiger partial charge < -0.3 is 14.9 Å². The largest absolute Gasteiger partial charge is 0.478 e. The SMILES string of the molecule is CCC1CN(C)CCCN1c1nc(Cl)ccc1C(=O)O. The number of halogens is 1. The van der Waals surface area contributed by atoms with E-state index in [1.165, 1.54) is 12.1 Å². The minimum absolute atomic E-state index is 0.220. The molecule has 1 unspecified atom stereocenters. The van der Waals surface area contributed by atoms with Crippen LogP contribution in [0.2, 0.25) is 5.15 Å². The molecule has 0 aliphatic carbocycles. The molecular formula is C14H20ClN3O2. The number of rotatable bonds is 3. The van der Waals surface area contributed by atoms with Crippen molar-refractivity contribution in [1.82, 2.24) is 9.88 Å². The third kappa shape index (κ3) is 3.22. The van der Waals surface area contributed by atoms with Gasteiger partial charge >= 0.3 is 5.97 Å². The number of aromatic nitrogens is 1. The van der Waals surface area contributed by atoms with Crippen LogP contribution in [-0.2, 0) is 0 Å². The molecule has 1 atom stereocenters. The molecule has 1 fully saturated rings. The van der Waals surface area contributed by atoms with Gasteiger partial charge in [0.2, 0.25) is 0 Å². The number of nitrogens with zero attached hydrogens (tertiary/aromatic N) is 3. The zero-order valence-corrected chi connectivity index (χ0v) is 12.6. The monoisotopic (exact) mass is 297 g/mol. The Morgan fingerprint density at radius 1 is 1.50 bits per heavy atom. The molecule has 0 amide bonds. The van der Waals surface area contributed by atoms with E-state index in [2.05, 4.69) is 28.8 Å². The summed E-state index contributed by atoms with van der Waals surface area (Å²) in [5, 5.41) is 9.68. The molecule has 2 rings (SSSR count). The van der Waals surface area contributed by atoms with E-state index < -0.39 is 5.97 Å². The van der Waals surface area contributed by atoms with Crippen molar-refractivity contribution in [3.63, 3.8) is 0 Å². The summed E-state index contributed by atoms with van der Waals surface area (Å²) in [7, 11) is 2.09. The molecule has 1 aliphatic rings. The molecule has 1 aliphatic heterocycles. The van der Waals surface area contributed by atoms with Crippen LogP contribution in [0.3, 0.4) is 0 Å². The average molecular weight is 298 g/mol. The highest BCUT2D eigenvalue weighted by Gasteiger charge is 2.27. The number of carboxylic acid groups (broad SMARTS) is 1. The molecule has 20 heavy (non-hydrogen) atoms. The average Bonchev–Trinajstić information content (AvgIpc) is 2.59. The second-order valence-corrected chi connectivity index (χ2v) is 5.57. The van der Waals surface area contributed by atoms with Crippen molar-refractivity contribution in [3.05, 3.63) is 22.8 Å². The number of hydrogen-bond acceptors (Lipinski definition) is 4. The molecule has 6 heteroatoms. The minimum Gasteiger partial charge on any atom is -0.478 e. The zero-order valence-electron chi connectivity index (χ0n) is 11.8. The Kier molecular flexibility index (Phi) is 4.83. The Bertz CT molecular complexity index is 495. The Balaban J connectivity index is 2.41. The molecule has 110 valence electrons. The summed E-state index contributed by atoms with van der Waals surface area (Å²) in [6.07, 6.45) is 1.93. The third-order valence-electron chi connectivity index (χ3n) is 3.72. The van der Waals surface area contributed by atoms with Gasteiger partial charge in [-0.15, -0.1) is 0 Å². The summed E-state index contributed by atoms with van der Waals surface area (Å²) in [5.41, 5.74) is 0.220. The Hall–Kier alpha value is -1.33. The van der Waals surface area contributed by atoms with Gasteiger partial charge in [0.15, 0.2) is 0 Å². The lowest BCUT2D eigenvalue weighted by molar-refractivity contribution is 0.0697. The number of likely N-dealkylation sites (N-methyl/N-ethyl adjacent to an activating group) is 1. The fraction of sp³-hybridized carbons (Fsp3) is 0.571. The highest BCUT2D eigenvalue weighted by atomic mass is 35.5. The first-order valence-electron chi connectivity index (χ1n) is 6.88. The summed E-state index contributed by atoms with van der Waals surface area (Å²) in [6.45, 7) is 4.83. The maximum absolute atomic E-state index is 11.4. The van der Waals surface area contributed by atoms with Crippen molar-refractivity contribution >= 4 is 23.4 Å². The van der Waals surface area contributed by atoms with E-state index in [1.807, 2.05) is 0 Å². The molecule has 1 saturated heterocycles. The van der Waals surface area contributed by atoms with Crippen LogP contribution >= 0.6 is 11.6 Å². The van der Waals surface area contributed by atoms with Gasteiger partial charge in [-0.25, -0.2) is 9.78 Å². The zero-order chi connectivity index (χ0) is 14.7. The number of carbonyl (C=O) groups is 1. The summed E-state index contributed by atoms with van der Waals surface area (Å²) in [6, 6.07) is 3.32. The standard InChI is InChI=1S/C14H20ClN3O2/c1-3-10-9-17(2)7-4-8-18(10)13-11(14(19)20)5-6-12(15)16-13/h5-6,10H,3-4,7-9H2,1-2H3,(H,19,20). The van der Waals surface area contributed by atoms with Crippen LogP contribution in [0.15, 0.2) is 12.1 Å². The first-order chi connectivity index (χ1) is 9.52. The highest BCUT2D eigenvalue weighted by molar-refractivity contribution is 6.29. The number of pyridine rings is 1. The Morgan fingerprint density at radius 2 is 2.25 bits per heavy atom. The molecule has 2 heterocycles. The predicted molar refractivity (Wildman–Crippen MR) is 79.7 cm³/mol. The maximum Gasteiger partial charge on any atom is 0.339 e. The van der Waals surface area contributed by atoms with Crippen molar-refractivity contribution in [2.24, 2.45) is 0 Å². The van der Waals surface area contributed by atoms with Crippen LogP contribution in [0.4, 0.5) is 5.82 Å². The number of anilines is 1. The summed E-state index contributed by atoms with van der Waals surface area (Å²) in [5.74, 6) is -0.469. The van der Waals surface area contributed by atoms with Gasteiger partial charge in [0, 0.05) is 19.1 Å². The topological polar surface area (TPSA) is 56.7 Å². The second-order valence-electron chi connectivity index (χ2n) is 5.18. The molecule has 0 radical (unpaired) electrons. The van der Waals surface area contributed by atoms with E-state index in [1.54, 1.807) is 0 Å². The van der Waals surface area contributed by atoms with E-state index >= 15 is 0 Å².